The molecule has 3 rings (SSSR count). The van der Waals surface area contributed by atoms with Gasteiger partial charge in [0.05, 0.1) is 18.9 Å². The molecule has 6 nitrogen and oxygen atoms in total. The van der Waals surface area contributed by atoms with Crippen LogP contribution in [0.1, 0.15) is 27.3 Å². The summed E-state index contributed by atoms with van der Waals surface area (Å²) in [5, 5.41) is 0. The molecule has 0 radical (unpaired) electrons. The quantitative estimate of drug-likeness (QED) is 0.856. The van der Waals surface area contributed by atoms with Crippen LogP contribution in [0.2, 0.25) is 0 Å². The van der Waals surface area contributed by atoms with Crippen molar-refractivity contribution in [3.05, 3.63) is 53.7 Å². The van der Waals surface area contributed by atoms with E-state index in [-0.39, 0.29) is 23.1 Å². The van der Waals surface area contributed by atoms with Crippen LogP contribution < -0.4 is 4.74 Å². The molecule has 0 N–H and O–H groups in total. The van der Waals surface area contributed by atoms with Crippen LogP contribution in [0.5, 0.6) is 5.75 Å². The summed E-state index contributed by atoms with van der Waals surface area (Å²) in [6.45, 7) is 1.78. The zero-order valence-electron chi connectivity index (χ0n) is 13.9. The lowest BCUT2D eigenvalue weighted by Gasteiger charge is -2.22. The topological polar surface area (TPSA) is 63.0 Å². The molecule has 0 bridgehead atoms. The molecular weight excluding hydrogens is 327 g/mol. The summed E-state index contributed by atoms with van der Waals surface area (Å²) in [4.78, 5) is 28.4. The maximum atomic E-state index is 13.5. The number of ether oxygens (including phenoxy) is 1. The largest absolute Gasteiger partial charge is 0.496 e. The van der Waals surface area contributed by atoms with Crippen LogP contribution in [0.4, 0.5) is 4.39 Å². The van der Waals surface area contributed by atoms with Gasteiger partial charge in [-0.15, -0.1) is 0 Å². The van der Waals surface area contributed by atoms with Crippen molar-refractivity contribution < 1.29 is 23.1 Å². The lowest BCUT2D eigenvalue weighted by molar-refractivity contribution is 0.0698. The average molecular weight is 346 g/mol. The molecule has 0 spiro atoms. The molecule has 132 valence electrons. The Balaban J connectivity index is 1.72. The van der Waals surface area contributed by atoms with E-state index in [1.54, 1.807) is 21.9 Å². The third-order valence-electron chi connectivity index (χ3n) is 4.19. The number of carbonyl (C=O) groups is 2. The van der Waals surface area contributed by atoms with E-state index in [1.807, 2.05) is 0 Å². The number of methoxy groups -OCH3 is 1. The van der Waals surface area contributed by atoms with Gasteiger partial charge in [-0.2, -0.15) is 0 Å². The van der Waals surface area contributed by atoms with Gasteiger partial charge in [0.15, 0.2) is 5.76 Å². The number of benzene rings is 1. The van der Waals surface area contributed by atoms with E-state index in [2.05, 4.69) is 0 Å². The van der Waals surface area contributed by atoms with Crippen molar-refractivity contribution in [1.29, 1.82) is 0 Å². The summed E-state index contributed by atoms with van der Waals surface area (Å²) in [6, 6.07) is 7.15. The van der Waals surface area contributed by atoms with Gasteiger partial charge in [0.25, 0.3) is 11.8 Å². The van der Waals surface area contributed by atoms with Crippen molar-refractivity contribution >= 4 is 11.8 Å². The van der Waals surface area contributed by atoms with E-state index in [4.69, 9.17) is 9.15 Å². The van der Waals surface area contributed by atoms with Crippen molar-refractivity contribution in [2.75, 3.05) is 33.3 Å². The second kappa shape index (κ2) is 7.38. The van der Waals surface area contributed by atoms with Gasteiger partial charge >= 0.3 is 0 Å². The van der Waals surface area contributed by atoms with Gasteiger partial charge in [0.2, 0.25) is 0 Å². The Bertz CT molecular complexity index is 760. The van der Waals surface area contributed by atoms with Crippen LogP contribution in [0, 0.1) is 5.82 Å². The maximum absolute atomic E-state index is 13.5. The van der Waals surface area contributed by atoms with E-state index in [1.165, 1.54) is 31.6 Å². The molecule has 2 heterocycles. The highest BCUT2D eigenvalue weighted by Crippen LogP contribution is 2.22. The zero-order valence-corrected chi connectivity index (χ0v) is 13.9. The minimum Gasteiger partial charge on any atom is -0.496 e. The Morgan fingerprint density at radius 1 is 1.08 bits per heavy atom. The second-order valence-electron chi connectivity index (χ2n) is 5.76. The number of carbonyl (C=O) groups excluding carboxylic acids is 2. The van der Waals surface area contributed by atoms with Gasteiger partial charge in [-0.1, -0.05) is 0 Å². The number of nitrogens with zero attached hydrogens (tertiary/aromatic N) is 2. The number of hydrogen-bond donors (Lipinski definition) is 0. The molecule has 0 unspecified atom stereocenters. The van der Waals surface area contributed by atoms with Crippen LogP contribution in [-0.2, 0) is 0 Å². The van der Waals surface area contributed by atoms with Crippen molar-refractivity contribution in [3.8, 4) is 5.75 Å². The number of amides is 2. The highest BCUT2D eigenvalue weighted by molar-refractivity contribution is 5.97. The fourth-order valence-electron chi connectivity index (χ4n) is 2.90. The van der Waals surface area contributed by atoms with Crippen LogP contribution in [0.15, 0.2) is 41.0 Å². The number of hydrogen-bond acceptors (Lipinski definition) is 4. The summed E-state index contributed by atoms with van der Waals surface area (Å²) in [5.41, 5.74) is 0.188. The molecule has 2 aromatic rings. The molecule has 1 aliphatic rings. The Morgan fingerprint density at radius 3 is 2.44 bits per heavy atom. The van der Waals surface area contributed by atoms with Gasteiger partial charge < -0.3 is 19.0 Å². The molecule has 0 aliphatic carbocycles. The van der Waals surface area contributed by atoms with Gasteiger partial charge in [0, 0.05) is 26.2 Å². The Kier molecular flexibility index (Phi) is 5.02. The van der Waals surface area contributed by atoms with Gasteiger partial charge in [-0.05, 0) is 36.8 Å². The van der Waals surface area contributed by atoms with Crippen molar-refractivity contribution in [3.63, 3.8) is 0 Å². The van der Waals surface area contributed by atoms with E-state index in [9.17, 15) is 14.0 Å². The highest BCUT2D eigenvalue weighted by Gasteiger charge is 2.26. The third-order valence-corrected chi connectivity index (χ3v) is 4.19. The smallest absolute Gasteiger partial charge is 0.289 e. The molecule has 1 aromatic heterocycles. The fraction of sp³-hybridized carbons (Fsp3) is 0.333. The predicted molar refractivity (Wildman–Crippen MR) is 88.1 cm³/mol. The zero-order chi connectivity index (χ0) is 17.8. The first-order chi connectivity index (χ1) is 12.1. The normalized spacial score (nSPS) is 15.0. The first kappa shape index (κ1) is 17.0. The SMILES string of the molecule is COc1ccc(F)cc1C(=O)N1CCCN(C(=O)c2ccco2)CC1. The van der Waals surface area contributed by atoms with E-state index < -0.39 is 5.82 Å². The lowest BCUT2D eigenvalue weighted by Crippen LogP contribution is -2.37. The average Bonchev–Trinajstić information content (AvgIpc) is 3.05. The van der Waals surface area contributed by atoms with Crippen LogP contribution in [0.3, 0.4) is 0 Å². The monoisotopic (exact) mass is 346 g/mol. The third kappa shape index (κ3) is 3.65. The van der Waals surface area contributed by atoms with Crippen molar-refractivity contribution in [1.82, 2.24) is 9.80 Å². The van der Waals surface area contributed by atoms with Crippen LogP contribution in [0.25, 0.3) is 0 Å². The molecule has 0 saturated carbocycles. The Labute approximate surface area is 144 Å². The Morgan fingerprint density at radius 2 is 1.80 bits per heavy atom. The minimum absolute atomic E-state index is 0.188. The molecule has 25 heavy (non-hydrogen) atoms. The predicted octanol–water partition coefficient (Wildman–Crippen LogP) is 2.42. The number of furan rings is 1. The second-order valence-corrected chi connectivity index (χ2v) is 5.76. The molecule has 7 heteroatoms. The van der Waals surface area contributed by atoms with Crippen LogP contribution >= 0.6 is 0 Å². The van der Waals surface area contributed by atoms with Crippen molar-refractivity contribution in [2.24, 2.45) is 0 Å². The highest BCUT2D eigenvalue weighted by atomic mass is 19.1. The van der Waals surface area contributed by atoms with Gasteiger partial charge in [0.1, 0.15) is 11.6 Å². The van der Waals surface area contributed by atoms with Gasteiger partial charge in [-0.3, -0.25) is 9.59 Å². The summed E-state index contributed by atoms with van der Waals surface area (Å²) < 4.78 is 23.8. The van der Waals surface area contributed by atoms with Crippen LogP contribution in [-0.4, -0.2) is 54.9 Å². The summed E-state index contributed by atoms with van der Waals surface area (Å²) in [7, 11) is 1.44. The van der Waals surface area contributed by atoms with E-state index in [0.717, 1.165) is 0 Å². The molecule has 1 aromatic carbocycles. The summed E-state index contributed by atoms with van der Waals surface area (Å²) >= 11 is 0. The maximum Gasteiger partial charge on any atom is 0.289 e. The molecule has 0 atom stereocenters. The molecular formula is C18H19FN2O4. The lowest BCUT2D eigenvalue weighted by atomic mass is 10.1. The summed E-state index contributed by atoms with van der Waals surface area (Å²) in [5.74, 6) is -0.370. The van der Waals surface area contributed by atoms with E-state index >= 15 is 0 Å². The fourth-order valence-corrected chi connectivity index (χ4v) is 2.90. The molecule has 1 aliphatic heterocycles. The van der Waals surface area contributed by atoms with Gasteiger partial charge in [-0.25, -0.2) is 4.39 Å². The van der Waals surface area contributed by atoms with Crippen molar-refractivity contribution in [2.45, 2.75) is 6.42 Å². The first-order valence-corrected chi connectivity index (χ1v) is 8.05. The number of halogens is 1. The first-order valence-electron chi connectivity index (χ1n) is 8.05. The Hall–Kier alpha value is -2.83. The molecule has 1 fully saturated rings. The van der Waals surface area contributed by atoms with E-state index in [0.29, 0.717) is 38.3 Å². The standard InChI is InChI=1S/C18H19FN2O4/c1-24-15-6-5-13(19)12-14(15)17(22)20-7-3-8-21(10-9-20)18(23)16-4-2-11-25-16/h2,4-6,11-12H,3,7-10H2,1H3. The molecule has 2 amide bonds. The minimum atomic E-state index is -0.492. The summed E-state index contributed by atoms with van der Waals surface area (Å²) in [6.07, 6.45) is 2.09. The molecule has 1 saturated heterocycles. The number of rotatable bonds is 3.